The molecule has 1 aliphatic heterocycles. The minimum atomic E-state index is -0.458. The molecule has 0 saturated carbocycles. The molecule has 1 aromatic heterocycles. The Morgan fingerprint density at radius 2 is 1.87 bits per heavy atom. The van der Waals surface area contributed by atoms with Gasteiger partial charge in [0, 0.05) is 16.4 Å². The number of allylic oxidation sites excluding steroid dienone is 1. The van der Waals surface area contributed by atoms with Crippen LogP contribution < -0.4 is 15.4 Å². The monoisotopic (exact) mass is 545 g/mol. The maximum absolute atomic E-state index is 13.7. The van der Waals surface area contributed by atoms with E-state index < -0.39 is 6.04 Å². The second-order valence-corrected chi connectivity index (χ2v) is 10.6. The van der Waals surface area contributed by atoms with Crippen molar-refractivity contribution in [3.63, 3.8) is 0 Å². The first-order valence-electron chi connectivity index (χ1n) is 12.3. The molecule has 4 aromatic rings. The van der Waals surface area contributed by atoms with Crippen molar-refractivity contribution in [1.82, 2.24) is 14.8 Å². The summed E-state index contributed by atoms with van der Waals surface area (Å²) in [5.74, 6) is 1.99. The van der Waals surface area contributed by atoms with Crippen molar-refractivity contribution in [2.45, 2.75) is 38.6 Å². The summed E-state index contributed by atoms with van der Waals surface area (Å²) in [6, 6.07) is 22.6. The van der Waals surface area contributed by atoms with E-state index in [1.165, 1.54) is 0 Å². The number of hydrogen-bond acceptors (Lipinski definition) is 6. The van der Waals surface area contributed by atoms with Gasteiger partial charge < -0.3 is 15.4 Å². The molecule has 1 amide bonds. The normalized spacial score (nSPS) is 14.6. The first kappa shape index (κ1) is 25.9. The fourth-order valence-electron chi connectivity index (χ4n) is 4.34. The van der Waals surface area contributed by atoms with E-state index in [-0.39, 0.29) is 5.91 Å². The Balaban J connectivity index is 1.45. The van der Waals surface area contributed by atoms with Crippen molar-refractivity contribution in [3.05, 3.63) is 106 Å². The van der Waals surface area contributed by atoms with Gasteiger partial charge >= 0.3 is 0 Å². The van der Waals surface area contributed by atoms with Crippen LogP contribution in [-0.2, 0) is 11.4 Å². The molecule has 5 rings (SSSR count). The average molecular weight is 546 g/mol. The van der Waals surface area contributed by atoms with Crippen LogP contribution in [0.1, 0.15) is 36.6 Å². The van der Waals surface area contributed by atoms with Crippen LogP contribution >= 0.6 is 23.4 Å². The number of rotatable bonds is 8. The summed E-state index contributed by atoms with van der Waals surface area (Å²) in [5, 5.41) is 12.4. The van der Waals surface area contributed by atoms with Gasteiger partial charge in [-0.1, -0.05) is 66.7 Å². The number of anilines is 2. The van der Waals surface area contributed by atoms with Crippen LogP contribution in [0.4, 0.5) is 11.6 Å². The number of aromatic nitrogens is 3. The molecule has 0 radical (unpaired) electrons. The Hall–Kier alpha value is -3.75. The number of ether oxygens (including phenoxy) is 1. The lowest BCUT2D eigenvalue weighted by molar-refractivity contribution is -0.113. The quantitative estimate of drug-likeness (QED) is 0.235. The standard InChI is InChI=1S/C29H28ClN5O2S/c1-4-38-29-33-28-31-19(3)25(27(36)32-23-7-5-6-18(2)16-23)26(35(28)34-29)21-10-14-24(15-11-21)37-17-20-8-12-22(30)13-9-20/h5-16,26H,4,17H2,1-3H3,(H,32,36)(H,31,33,34). The Bertz CT molecular complexity index is 1480. The number of fused-ring (bicyclic) bond motifs is 1. The van der Waals surface area contributed by atoms with Crippen molar-refractivity contribution in [2.24, 2.45) is 0 Å². The van der Waals surface area contributed by atoms with Crippen molar-refractivity contribution < 1.29 is 9.53 Å². The maximum Gasteiger partial charge on any atom is 0.255 e. The number of carbonyl (C=O) groups is 1. The molecule has 0 fully saturated rings. The average Bonchev–Trinajstić information content (AvgIpc) is 3.30. The van der Waals surface area contributed by atoms with Crippen LogP contribution in [-0.4, -0.2) is 26.4 Å². The van der Waals surface area contributed by atoms with Crippen LogP contribution in [0.5, 0.6) is 5.75 Å². The highest BCUT2D eigenvalue weighted by atomic mass is 35.5. The number of nitrogens with zero attached hydrogens (tertiary/aromatic N) is 3. The van der Waals surface area contributed by atoms with Gasteiger partial charge in [-0.25, -0.2) is 4.68 Å². The van der Waals surface area contributed by atoms with Gasteiger partial charge in [-0.3, -0.25) is 4.79 Å². The molecular weight excluding hydrogens is 518 g/mol. The van der Waals surface area contributed by atoms with Crippen molar-refractivity contribution in [3.8, 4) is 5.75 Å². The Morgan fingerprint density at radius 3 is 2.58 bits per heavy atom. The summed E-state index contributed by atoms with van der Waals surface area (Å²) in [5.41, 5.74) is 5.05. The third kappa shape index (κ3) is 5.71. The zero-order chi connectivity index (χ0) is 26.6. The molecule has 7 nitrogen and oxygen atoms in total. The number of amides is 1. The molecule has 2 heterocycles. The summed E-state index contributed by atoms with van der Waals surface area (Å²) in [7, 11) is 0. The van der Waals surface area contributed by atoms with Gasteiger partial charge in [0.05, 0.1) is 5.57 Å². The van der Waals surface area contributed by atoms with Gasteiger partial charge in [-0.2, -0.15) is 4.98 Å². The summed E-state index contributed by atoms with van der Waals surface area (Å²) in [4.78, 5) is 18.3. The Morgan fingerprint density at radius 1 is 1.11 bits per heavy atom. The van der Waals surface area contributed by atoms with Gasteiger partial charge in [-0.05, 0) is 72.7 Å². The van der Waals surface area contributed by atoms with E-state index in [0.29, 0.717) is 28.3 Å². The van der Waals surface area contributed by atoms with Crippen LogP contribution in [0.15, 0.2) is 89.2 Å². The predicted molar refractivity (Wildman–Crippen MR) is 153 cm³/mol. The molecule has 0 aliphatic carbocycles. The van der Waals surface area contributed by atoms with Gasteiger partial charge in [0.15, 0.2) is 0 Å². The molecular formula is C29H28ClN5O2S. The number of benzene rings is 3. The highest BCUT2D eigenvalue weighted by Crippen LogP contribution is 2.37. The lowest BCUT2D eigenvalue weighted by Gasteiger charge is -2.28. The van der Waals surface area contributed by atoms with Crippen LogP contribution in [0.25, 0.3) is 0 Å². The molecule has 0 saturated heterocycles. The molecule has 0 spiro atoms. The van der Waals surface area contributed by atoms with E-state index in [0.717, 1.165) is 39.6 Å². The fraction of sp³-hybridized carbons (Fsp3) is 0.207. The van der Waals surface area contributed by atoms with Crippen molar-refractivity contribution >= 4 is 40.9 Å². The molecule has 1 atom stereocenters. The van der Waals surface area contributed by atoms with E-state index >= 15 is 0 Å². The largest absolute Gasteiger partial charge is 0.489 e. The zero-order valence-electron chi connectivity index (χ0n) is 21.4. The third-order valence-electron chi connectivity index (χ3n) is 6.14. The van der Waals surface area contributed by atoms with Gasteiger partial charge in [-0.15, -0.1) is 5.10 Å². The highest BCUT2D eigenvalue weighted by molar-refractivity contribution is 7.99. The summed E-state index contributed by atoms with van der Waals surface area (Å²) in [6.07, 6.45) is 0. The van der Waals surface area contributed by atoms with Gasteiger partial charge in [0.25, 0.3) is 5.91 Å². The number of aryl methyl sites for hydroxylation is 1. The number of nitrogens with one attached hydrogen (secondary N) is 2. The van der Waals surface area contributed by atoms with Gasteiger partial charge in [0.2, 0.25) is 11.1 Å². The number of carbonyl (C=O) groups excluding carboxylic acids is 1. The molecule has 9 heteroatoms. The van der Waals surface area contributed by atoms with Crippen LogP contribution in [0.2, 0.25) is 5.02 Å². The lowest BCUT2D eigenvalue weighted by atomic mass is 9.95. The maximum atomic E-state index is 13.7. The molecule has 194 valence electrons. The number of thioether (sulfide) groups is 1. The van der Waals surface area contributed by atoms with Gasteiger partial charge in [0.1, 0.15) is 18.4 Å². The molecule has 1 unspecified atom stereocenters. The third-order valence-corrected chi connectivity index (χ3v) is 7.11. The smallest absolute Gasteiger partial charge is 0.255 e. The first-order chi connectivity index (χ1) is 18.4. The zero-order valence-corrected chi connectivity index (χ0v) is 22.9. The summed E-state index contributed by atoms with van der Waals surface area (Å²) < 4.78 is 7.77. The molecule has 38 heavy (non-hydrogen) atoms. The molecule has 2 N–H and O–H groups in total. The van der Waals surface area contributed by atoms with E-state index in [2.05, 4.69) is 22.5 Å². The fourth-order valence-corrected chi connectivity index (χ4v) is 5.02. The van der Waals surface area contributed by atoms with E-state index in [9.17, 15) is 4.79 Å². The minimum absolute atomic E-state index is 0.195. The Labute approximate surface area is 231 Å². The lowest BCUT2D eigenvalue weighted by Crippen LogP contribution is -2.31. The molecule has 1 aliphatic rings. The van der Waals surface area contributed by atoms with E-state index in [1.54, 1.807) is 16.4 Å². The number of halogens is 1. The molecule has 3 aromatic carbocycles. The van der Waals surface area contributed by atoms with Crippen molar-refractivity contribution in [1.29, 1.82) is 0 Å². The Kier molecular flexibility index (Phi) is 7.72. The van der Waals surface area contributed by atoms with Crippen molar-refractivity contribution in [2.75, 3.05) is 16.4 Å². The minimum Gasteiger partial charge on any atom is -0.489 e. The number of hydrogen-bond donors (Lipinski definition) is 2. The van der Waals surface area contributed by atoms with E-state index in [1.807, 2.05) is 86.6 Å². The second-order valence-electron chi connectivity index (χ2n) is 8.97. The summed E-state index contributed by atoms with van der Waals surface area (Å²) >= 11 is 7.54. The first-order valence-corrected chi connectivity index (χ1v) is 13.7. The van der Waals surface area contributed by atoms with Crippen LogP contribution in [0, 0.1) is 6.92 Å². The highest BCUT2D eigenvalue weighted by Gasteiger charge is 2.34. The topological polar surface area (TPSA) is 81.1 Å². The van der Waals surface area contributed by atoms with E-state index in [4.69, 9.17) is 21.4 Å². The molecule has 0 bridgehead atoms. The predicted octanol–water partition coefficient (Wildman–Crippen LogP) is 6.86. The SMILES string of the molecule is CCSc1nc2n(n1)C(c1ccc(OCc3ccc(Cl)cc3)cc1)C(C(=O)Nc1cccc(C)c1)=C(C)N2. The van der Waals surface area contributed by atoms with Crippen LogP contribution in [0.3, 0.4) is 0 Å². The summed E-state index contributed by atoms with van der Waals surface area (Å²) in [6.45, 7) is 6.38. The second kappa shape index (κ2) is 11.3.